The Morgan fingerprint density at radius 3 is 2.88 bits per heavy atom. The lowest BCUT2D eigenvalue weighted by Gasteiger charge is -2.17. The topological polar surface area (TPSA) is 61.4 Å². The lowest BCUT2D eigenvalue weighted by molar-refractivity contribution is -0.130. The van der Waals surface area contributed by atoms with Gasteiger partial charge in [-0.05, 0) is 24.6 Å². The number of hydrogen-bond acceptors (Lipinski definition) is 3. The maximum absolute atomic E-state index is 13.0. The van der Waals surface area contributed by atoms with Crippen molar-refractivity contribution in [3.63, 3.8) is 0 Å². The molecule has 0 aliphatic rings. The van der Waals surface area contributed by atoms with E-state index in [1.807, 2.05) is 6.92 Å². The van der Waals surface area contributed by atoms with E-state index < -0.39 is 11.9 Å². The number of anilines is 1. The molecule has 0 fully saturated rings. The summed E-state index contributed by atoms with van der Waals surface area (Å²) in [7, 11) is 0. The van der Waals surface area contributed by atoms with Crippen molar-refractivity contribution in [2.75, 3.05) is 5.32 Å². The van der Waals surface area contributed by atoms with Crippen LogP contribution in [0.15, 0.2) is 24.3 Å². The fourth-order valence-electron chi connectivity index (χ4n) is 1.53. The van der Waals surface area contributed by atoms with E-state index in [2.05, 4.69) is 5.32 Å². The fourth-order valence-corrected chi connectivity index (χ4v) is 1.53. The van der Waals surface area contributed by atoms with Crippen LogP contribution in [0.5, 0.6) is 0 Å². The summed E-state index contributed by atoms with van der Waals surface area (Å²) >= 11 is 0. The Morgan fingerprint density at radius 1 is 1.53 bits per heavy atom. The van der Waals surface area contributed by atoms with Crippen molar-refractivity contribution >= 4 is 11.6 Å². The van der Waals surface area contributed by atoms with Crippen LogP contribution in [-0.2, 0) is 4.79 Å². The second-order valence-corrected chi connectivity index (χ2v) is 3.83. The van der Waals surface area contributed by atoms with Crippen LogP contribution >= 0.6 is 0 Å². The second kappa shape index (κ2) is 6.85. The molecule has 5 heteroatoms. The standard InChI is InChI=1S/C12H17FN2O2/c1-2-3-7-11(12(16)15-17)14-10-6-4-5-9(13)8-10/h4-6,8,11,14,17H,2-3,7H2,1H3,(H,15,16). The van der Waals surface area contributed by atoms with Gasteiger partial charge in [-0.25, -0.2) is 9.87 Å². The third-order valence-corrected chi connectivity index (χ3v) is 2.44. The summed E-state index contributed by atoms with van der Waals surface area (Å²) in [4.78, 5) is 11.4. The number of nitrogens with one attached hydrogen (secondary N) is 2. The summed E-state index contributed by atoms with van der Waals surface area (Å²) in [6.07, 6.45) is 2.37. The second-order valence-electron chi connectivity index (χ2n) is 3.83. The molecule has 0 aliphatic carbocycles. The van der Waals surface area contributed by atoms with Crippen LogP contribution in [0.4, 0.5) is 10.1 Å². The van der Waals surface area contributed by atoms with Crippen molar-refractivity contribution in [1.82, 2.24) is 5.48 Å². The Kier molecular flexibility index (Phi) is 5.42. The van der Waals surface area contributed by atoms with Crippen LogP contribution < -0.4 is 10.8 Å². The van der Waals surface area contributed by atoms with E-state index in [-0.39, 0.29) is 5.82 Å². The molecule has 1 aromatic carbocycles. The van der Waals surface area contributed by atoms with Crippen molar-refractivity contribution in [2.45, 2.75) is 32.2 Å². The summed E-state index contributed by atoms with van der Waals surface area (Å²) in [6, 6.07) is 5.32. The van der Waals surface area contributed by atoms with Gasteiger partial charge in [-0.3, -0.25) is 10.0 Å². The van der Waals surface area contributed by atoms with Gasteiger partial charge < -0.3 is 5.32 Å². The van der Waals surface area contributed by atoms with E-state index >= 15 is 0 Å². The summed E-state index contributed by atoms with van der Waals surface area (Å²) < 4.78 is 13.0. The number of hydrogen-bond donors (Lipinski definition) is 3. The van der Waals surface area contributed by atoms with Gasteiger partial charge in [0.05, 0.1) is 0 Å². The van der Waals surface area contributed by atoms with E-state index in [0.29, 0.717) is 12.1 Å². The lowest BCUT2D eigenvalue weighted by atomic mass is 10.1. The number of hydroxylamine groups is 1. The molecule has 0 spiro atoms. The summed E-state index contributed by atoms with van der Waals surface area (Å²) in [5, 5.41) is 11.5. The van der Waals surface area contributed by atoms with Gasteiger partial charge in [-0.2, -0.15) is 0 Å². The predicted octanol–water partition coefficient (Wildman–Crippen LogP) is 2.30. The SMILES string of the molecule is CCCCC(Nc1cccc(F)c1)C(=O)NO. The van der Waals surface area contributed by atoms with Crippen LogP contribution in [-0.4, -0.2) is 17.2 Å². The van der Waals surface area contributed by atoms with Crippen molar-refractivity contribution in [1.29, 1.82) is 0 Å². The van der Waals surface area contributed by atoms with Gasteiger partial charge in [-0.1, -0.05) is 25.8 Å². The van der Waals surface area contributed by atoms with Gasteiger partial charge in [0.2, 0.25) is 0 Å². The first-order valence-corrected chi connectivity index (χ1v) is 5.63. The Hall–Kier alpha value is -1.62. The molecule has 1 atom stereocenters. The van der Waals surface area contributed by atoms with Crippen molar-refractivity contribution < 1.29 is 14.4 Å². The average Bonchev–Trinajstić information content (AvgIpc) is 2.33. The number of carbonyl (C=O) groups is 1. The zero-order chi connectivity index (χ0) is 12.7. The molecule has 0 aromatic heterocycles. The Morgan fingerprint density at radius 2 is 2.29 bits per heavy atom. The average molecular weight is 240 g/mol. The molecule has 0 saturated heterocycles. The van der Waals surface area contributed by atoms with Crippen LogP contribution in [0, 0.1) is 5.82 Å². The zero-order valence-electron chi connectivity index (χ0n) is 9.74. The van der Waals surface area contributed by atoms with E-state index in [0.717, 1.165) is 12.8 Å². The van der Waals surface area contributed by atoms with Crippen molar-refractivity contribution in [2.24, 2.45) is 0 Å². The van der Waals surface area contributed by atoms with Crippen LogP contribution in [0.3, 0.4) is 0 Å². The molecule has 4 nitrogen and oxygen atoms in total. The smallest absolute Gasteiger partial charge is 0.265 e. The van der Waals surface area contributed by atoms with Gasteiger partial charge in [-0.15, -0.1) is 0 Å². The summed E-state index contributed by atoms with van der Waals surface area (Å²) in [6.45, 7) is 2.01. The summed E-state index contributed by atoms with van der Waals surface area (Å²) in [5.74, 6) is -0.878. The van der Waals surface area contributed by atoms with Crippen LogP contribution in [0.25, 0.3) is 0 Å². The minimum atomic E-state index is -0.554. The normalized spacial score (nSPS) is 11.9. The van der Waals surface area contributed by atoms with Crippen LogP contribution in [0.1, 0.15) is 26.2 Å². The summed E-state index contributed by atoms with van der Waals surface area (Å²) in [5.41, 5.74) is 2.14. The lowest BCUT2D eigenvalue weighted by Crippen LogP contribution is -2.38. The Labute approximate surface area is 99.8 Å². The quantitative estimate of drug-likeness (QED) is 0.528. The predicted molar refractivity (Wildman–Crippen MR) is 63.3 cm³/mol. The monoisotopic (exact) mass is 240 g/mol. The molecule has 3 N–H and O–H groups in total. The van der Waals surface area contributed by atoms with Gasteiger partial charge in [0.25, 0.3) is 5.91 Å². The highest BCUT2D eigenvalue weighted by Crippen LogP contribution is 2.13. The molecule has 0 aliphatic heterocycles. The molecule has 94 valence electrons. The minimum Gasteiger partial charge on any atom is -0.374 e. The maximum Gasteiger partial charge on any atom is 0.265 e. The molecule has 0 heterocycles. The number of amides is 1. The van der Waals surface area contributed by atoms with Crippen LogP contribution in [0.2, 0.25) is 0 Å². The first kappa shape index (κ1) is 13.4. The Balaban J connectivity index is 2.68. The minimum absolute atomic E-state index is 0.367. The molecule has 1 rings (SSSR count). The largest absolute Gasteiger partial charge is 0.374 e. The molecule has 0 saturated carbocycles. The third kappa shape index (κ3) is 4.40. The molecular formula is C12H17FN2O2. The molecule has 1 amide bonds. The highest BCUT2D eigenvalue weighted by molar-refractivity contribution is 5.83. The fraction of sp³-hybridized carbons (Fsp3) is 0.417. The van der Waals surface area contributed by atoms with E-state index in [4.69, 9.17) is 5.21 Å². The highest BCUT2D eigenvalue weighted by atomic mass is 19.1. The van der Waals surface area contributed by atoms with Gasteiger partial charge in [0.1, 0.15) is 11.9 Å². The zero-order valence-corrected chi connectivity index (χ0v) is 9.74. The Bertz CT molecular complexity index is 371. The molecule has 0 radical (unpaired) electrons. The molecule has 1 aromatic rings. The van der Waals surface area contributed by atoms with Crippen molar-refractivity contribution in [3.05, 3.63) is 30.1 Å². The number of unbranched alkanes of at least 4 members (excludes halogenated alkanes) is 1. The first-order chi connectivity index (χ1) is 8.17. The number of benzene rings is 1. The van der Waals surface area contributed by atoms with Gasteiger partial charge in [0.15, 0.2) is 0 Å². The molecule has 17 heavy (non-hydrogen) atoms. The molecular weight excluding hydrogens is 223 g/mol. The first-order valence-electron chi connectivity index (χ1n) is 5.63. The molecule has 1 unspecified atom stereocenters. The van der Waals surface area contributed by atoms with Gasteiger partial charge in [0, 0.05) is 5.69 Å². The van der Waals surface area contributed by atoms with E-state index in [1.54, 1.807) is 17.6 Å². The number of carbonyl (C=O) groups excluding carboxylic acids is 1. The number of halogens is 1. The van der Waals surface area contributed by atoms with Crippen molar-refractivity contribution in [3.8, 4) is 0 Å². The van der Waals surface area contributed by atoms with E-state index in [9.17, 15) is 9.18 Å². The highest BCUT2D eigenvalue weighted by Gasteiger charge is 2.16. The van der Waals surface area contributed by atoms with E-state index in [1.165, 1.54) is 12.1 Å². The number of rotatable bonds is 6. The maximum atomic E-state index is 13.0. The van der Waals surface area contributed by atoms with Gasteiger partial charge >= 0.3 is 0 Å². The molecule has 0 bridgehead atoms. The third-order valence-electron chi connectivity index (χ3n) is 2.44.